The predicted octanol–water partition coefficient (Wildman–Crippen LogP) is 7.11. The smallest absolute Gasteiger partial charge is 0.416 e. The first-order valence-corrected chi connectivity index (χ1v) is 12.4. The molecule has 0 N–H and O–H groups in total. The summed E-state index contributed by atoms with van der Waals surface area (Å²) in [5.41, 5.74) is -0.636. The van der Waals surface area contributed by atoms with Crippen molar-refractivity contribution in [3.63, 3.8) is 0 Å². The van der Waals surface area contributed by atoms with E-state index in [0.717, 1.165) is 22.4 Å². The second kappa shape index (κ2) is 11.2. The Morgan fingerprint density at radius 3 is 2.49 bits per heavy atom. The minimum absolute atomic E-state index is 0.00178. The maximum Gasteiger partial charge on any atom is 0.416 e. The number of para-hydroxylation sites is 1. The van der Waals surface area contributed by atoms with Crippen LogP contribution in [-0.2, 0) is 12.8 Å². The zero-order valence-corrected chi connectivity index (χ0v) is 21.6. The number of rotatable bonds is 7. The molecule has 0 spiro atoms. The fourth-order valence-corrected chi connectivity index (χ4v) is 4.12. The van der Waals surface area contributed by atoms with E-state index in [9.17, 15) is 28.1 Å². The zero-order chi connectivity index (χ0) is 29.1. The lowest BCUT2D eigenvalue weighted by Gasteiger charge is -2.12. The first-order chi connectivity index (χ1) is 19.6. The van der Waals surface area contributed by atoms with E-state index in [0.29, 0.717) is 5.02 Å². The molecule has 1 aromatic heterocycles. The van der Waals surface area contributed by atoms with Crippen molar-refractivity contribution in [2.75, 3.05) is 0 Å². The highest BCUT2D eigenvalue weighted by Gasteiger charge is 2.31. The third-order valence-corrected chi connectivity index (χ3v) is 6.28. The van der Waals surface area contributed by atoms with Gasteiger partial charge in [0.05, 0.1) is 27.6 Å². The molecule has 1 heterocycles. The van der Waals surface area contributed by atoms with E-state index in [1.54, 1.807) is 42.5 Å². The number of hydrogen-bond acceptors (Lipinski definition) is 6. The fourth-order valence-electron chi connectivity index (χ4n) is 4.00. The highest BCUT2D eigenvalue weighted by atomic mass is 35.5. The van der Waals surface area contributed by atoms with Crippen molar-refractivity contribution in [1.29, 1.82) is 0 Å². The first kappa shape index (κ1) is 27.5. The molecule has 0 aliphatic heterocycles. The summed E-state index contributed by atoms with van der Waals surface area (Å²) in [5, 5.41) is 16.4. The van der Waals surface area contributed by atoms with Gasteiger partial charge in [-0.15, -0.1) is 0 Å². The van der Waals surface area contributed by atoms with Crippen LogP contribution in [0, 0.1) is 10.1 Å². The highest BCUT2D eigenvalue weighted by molar-refractivity contribution is 6.30. The average Bonchev–Trinajstić information content (AvgIpc) is 2.96. The maximum atomic E-state index is 13.5. The van der Waals surface area contributed by atoms with Gasteiger partial charge in [-0.25, -0.2) is 4.98 Å². The summed E-state index contributed by atoms with van der Waals surface area (Å²) in [6.07, 6.45) is -3.46. The van der Waals surface area contributed by atoms with Crippen LogP contribution in [0.3, 0.4) is 0 Å². The van der Waals surface area contributed by atoms with Crippen molar-refractivity contribution in [1.82, 2.24) is 9.66 Å². The van der Waals surface area contributed by atoms with Gasteiger partial charge in [-0.05, 0) is 48.0 Å². The predicted molar refractivity (Wildman–Crippen MR) is 148 cm³/mol. The van der Waals surface area contributed by atoms with Crippen molar-refractivity contribution in [2.45, 2.75) is 12.8 Å². The Bertz CT molecular complexity index is 1850. The number of ether oxygens (including phenoxy) is 1. The molecule has 8 nitrogen and oxygen atoms in total. The lowest BCUT2D eigenvalue weighted by atomic mass is 10.1. The molecular formula is C29H18ClF3N4O4. The van der Waals surface area contributed by atoms with Crippen LogP contribution in [0.5, 0.6) is 5.75 Å². The summed E-state index contributed by atoms with van der Waals surface area (Å²) in [7, 11) is 0. The monoisotopic (exact) mass is 578 g/mol. The van der Waals surface area contributed by atoms with E-state index in [4.69, 9.17) is 16.3 Å². The lowest BCUT2D eigenvalue weighted by Crippen LogP contribution is -2.20. The molecule has 0 bridgehead atoms. The van der Waals surface area contributed by atoms with Crippen molar-refractivity contribution in [3.05, 3.63) is 133 Å². The Kier molecular flexibility index (Phi) is 7.54. The lowest BCUT2D eigenvalue weighted by molar-refractivity contribution is -0.384. The first-order valence-electron chi connectivity index (χ1n) is 12.0. The van der Waals surface area contributed by atoms with Gasteiger partial charge in [-0.1, -0.05) is 48.0 Å². The molecule has 0 aliphatic carbocycles. The Morgan fingerprint density at radius 2 is 1.76 bits per heavy atom. The van der Waals surface area contributed by atoms with E-state index < -0.39 is 22.2 Å². The van der Waals surface area contributed by atoms with Crippen LogP contribution < -0.4 is 10.3 Å². The number of non-ortho nitro benzene ring substituents is 1. The molecule has 0 fully saturated rings. The topological polar surface area (TPSA) is 99.6 Å². The molecular weight excluding hydrogens is 561 g/mol. The van der Waals surface area contributed by atoms with Crippen LogP contribution in [0.2, 0.25) is 5.02 Å². The van der Waals surface area contributed by atoms with Gasteiger partial charge in [0, 0.05) is 28.3 Å². The van der Waals surface area contributed by atoms with E-state index in [1.807, 2.05) is 0 Å². The molecule has 5 aromatic rings. The number of alkyl halides is 3. The summed E-state index contributed by atoms with van der Waals surface area (Å²) in [6.45, 7) is 0.1000. The summed E-state index contributed by atoms with van der Waals surface area (Å²) in [4.78, 5) is 28.7. The van der Waals surface area contributed by atoms with Gasteiger partial charge >= 0.3 is 6.18 Å². The molecule has 12 heteroatoms. The minimum atomic E-state index is -4.62. The minimum Gasteiger partial charge on any atom is -0.488 e. The molecule has 0 unspecified atom stereocenters. The molecule has 0 saturated heterocycles. The number of hydrogen-bond donors (Lipinski definition) is 0. The van der Waals surface area contributed by atoms with Crippen molar-refractivity contribution in [3.8, 4) is 17.1 Å². The number of halogens is 4. The number of nitrogens with zero attached hydrogens (tertiary/aromatic N) is 4. The Hall–Kier alpha value is -5.03. The van der Waals surface area contributed by atoms with Crippen LogP contribution in [0.15, 0.2) is 101 Å². The number of benzene rings is 4. The molecule has 4 aromatic carbocycles. The SMILES string of the molecule is O=c1c2ccccc2nc(-c2cccc(C(F)(F)F)c2)n1N=Cc1cc([N+](=O)[O-])ccc1OCc1ccc(Cl)cc1. The number of nitro groups is 1. The molecule has 0 aliphatic rings. The third-order valence-electron chi connectivity index (χ3n) is 6.03. The normalized spacial score (nSPS) is 11.7. The van der Waals surface area contributed by atoms with Gasteiger partial charge in [-0.3, -0.25) is 14.9 Å². The summed E-state index contributed by atoms with van der Waals surface area (Å²) in [6, 6.07) is 21.4. The maximum absolute atomic E-state index is 13.5. The van der Waals surface area contributed by atoms with E-state index in [1.165, 1.54) is 42.6 Å². The molecule has 41 heavy (non-hydrogen) atoms. The second-order valence-corrected chi connectivity index (χ2v) is 9.22. The van der Waals surface area contributed by atoms with E-state index in [-0.39, 0.29) is 45.9 Å². The van der Waals surface area contributed by atoms with Crippen LogP contribution in [0.1, 0.15) is 16.7 Å². The fraction of sp³-hybridized carbons (Fsp3) is 0.0690. The number of fused-ring (bicyclic) bond motifs is 1. The van der Waals surface area contributed by atoms with Crippen LogP contribution in [0.25, 0.3) is 22.3 Å². The standard InChI is InChI=1S/C29H18ClF3N4O4/c30-22-10-8-18(9-11-22)17-41-26-13-12-23(37(39)40)15-20(26)16-34-36-27(19-4-3-5-21(14-19)29(31,32)33)35-25-7-2-1-6-24(25)28(36)38/h1-16H,17H2. The third kappa shape index (κ3) is 6.10. The summed E-state index contributed by atoms with van der Waals surface area (Å²) in [5.74, 6) is 0.0711. The van der Waals surface area contributed by atoms with E-state index >= 15 is 0 Å². The van der Waals surface area contributed by atoms with Crippen molar-refractivity contribution in [2.24, 2.45) is 5.10 Å². The molecule has 5 rings (SSSR count). The quantitative estimate of drug-likeness (QED) is 0.116. The molecule has 0 atom stereocenters. The average molecular weight is 579 g/mol. The van der Waals surface area contributed by atoms with Gasteiger partial charge in [0.15, 0.2) is 5.82 Å². The van der Waals surface area contributed by atoms with Crippen molar-refractivity contribution >= 4 is 34.4 Å². The summed E-state index contributed by atoms with van der Waals surface area (Å²) >= 11 is 5.93. The van der Waals surface area contributed by atoms with E-state index in [2.05, 4.69) is 10.1 Å². The molecule has 0 saturated carbocycles. The molecule has 206 valence electrons. The van der Waals surface area contributed by atoms with Crippen LogP contribution >= 0.6 is 11.6 Å². The highest BCUT2D eigenvalue weighted by Crippen LogP contribution is 2.32. The summed E-state index contributed by atoms with van der Waals surface area (Å²) < 4.78 is 47.1. The van der Waals surface area contributed by atoms with Gasteiger partial charge in [0.25, 0.3) is 11.2 Å². The largest absolute Gasteiger partial charge is 0.488 e. The zero-order valence-electron chi connectivity index (χ0n) is 20.9. The molecule has 0 amide bonds. The van der Waals surface area contributed by atoms with Gasteiger partial charge in [0.1, 0.15) is 12.4 Å². The Morgan fingerprint density at radius 1 is 1.00 bits per heavy atom. The van der Waals surface area contributed by atoms with Crippen LogP contribution in [-0.4, -0.2) is 20.8 Å². The number of nitro benzene ring substituents is 1. The van der Waals surface area contributed by atoms with Crippen molar-refractivity contribution < 1.29 is 22.8 Å². The molecule has 0 radical (unpaired) electrons. The second-order valence-electron chi connectivity index (χ2n) is 8.79. The van der Waals surface area contributed by atoms with Crippen LogP contribution in [0.4, 0.5) is 18.9 Å². The van der Waals surface area contributed by atoms with Gasteiger partial charge < -0.3 is 4.74 Å². The number of aromatic nitrogens is 2. The van der Waals surface area contributed by atoms with Gasteiger partial charge in [-0.2, -0.15) is 22.9 Å². The van der Waals surface area contributed by atoms with Gasteiger partial charge in [0.2, 0.25) is 0 Å². The Labute approximate surface area is 235 Å². The Balaban J connectivity index is 1.62.